The minimum absolute atomic E-state index is 0.0472. The number of likely N-dealkylation sites (N-methyl/N-ethyl adjacent to an activating group) is 1. The number of thiophene rings is 2. The molecule has 0 bridgehead atoms. The van der Waals surface area contributed by atoms with E-state index in [0.717, 1.165) is 34.9 Å². The SMILES string of the molecule is CCCCCCCCCCCCCCCC1(C)Oc2cc(/C=C/C3=C(C#N)C(=C(C#N)C#N)OC3(C)C)sc2-c2sc(-c3ccc(N(C)CCO[Si](C)(C)C(C)(C)C)cc3)cc21. The van der Waals surface area contributed by atoms with E-state index < -0.39 is 19.5 Å². The standard InChI is InChI=1S/C52H70N4O3S2Si/c1-11-12-13-14-15-16-17-18-19-20-21-22-23-30-52(7)44-34-46(38-24-26-40(27-25-38)56(8)31-32-57-62(9,10)50(2,3)4)61-48(44)49-45(58-52)33-41(60-49)28-29-43-42(37-55)47(39(35-53)36-54)59-51(43,5)6/h24-29,33-34H,11-23,30-32H2,1-10H3/b29-28+. The van der Waals surface area contributed by atoms with E-state index in [1.165, 1.54) is 104 Å². The molecule has 0 radical (unpaired) electrons. The summed E-state index contributed by atoms with van der Waals surface area (Å²) in [5.74, 6) is 0.934. The molecule has 0 spiro atoms. The summed E-state index contributed by atoms with van der Waals surface area (Å²) in [6.45, 7) is 21.3. The van der Waals surface area contributed by atoms with Gasteiger partial charge in [0.2, 0.25) is 0 Å². The van der Waals surface area contributed by atoms with Gasteiger partial charge in [-0.1, -0.05) is 123 Å². The smallest absolute Gasteiger partial charge is 0.192 e. The molecule has 0 saturated carbocycles. The number of unbranched alkanes of at least 4 members (excludes halogenated alkanes) is 12. The summed E-state index contributed by atoms with van der Waals surface area (Å²) in [6, 6.07) is 19.4. The first-order chi connectivity index (χ1) is 29.5. The lowest BCUT2D eigenvalue weighted by Gasteiger charge is -2.36. The Morgan fingerprint density at radius 1 is 0.806 bits per heavy atom. The molecule has 62 heavy (non-hydrogen) atoms. The molecule has 0 N–H and O–H groups in total. The van der Waals surface area contributed by atoms with Gasteiger partial charge in [-0.15, -0.1) is 22.7 Å². The fourth-order valence-electron chi connectivity index (χ4n) is 8.08. The van der Waals surface area contributed by atoms with Crippen LogP contribution in [0.5, 0.6) is 5.75 Å². The fraction of sp³-hybridized carbons (Fsp3) is 0.558. The lowest BCUT2D eigenvalue weighted by molar-refractivity contribution is 0.0723. The Morgan fingerprint density at radius 3 is 1.97 bits per heavy atom. The molecular formula is C52H70N4O3S2Si. The third-order valence-corrected chi connectivity index (χ3v) is 20.1. The maximum atomic E-state index is 10.1. The molecule has 10 heteroatoms. The Kier molecular flexibility index (Phi) is 17.0. The molecule has 332 valence electrons. The monoisotopic (exact) mass is 890 g/mol. The van der Waals surface area contributed by atoms with Crippen molar-refractivity contribution in [2.75, 3.05) is 25.1 Å². The molecule has 2 aromatic heterocycles. The van der Waals surface area contributed by atoms with Gasteiger partial charge in [-0.2, -0.15) is 15.8 Å². The molecule has 0 saturated heterocycles. The van der Waals surface area contributed by atoms with Gasteiger partial charge >= 0.3 is 0 Å². The van der Waals surface area contributed by atoms with Gasteiger partial charge < -0.3 is 18.8 Å². The van der Waals surface area contributed by atoms with E-state index in [-0.39, 0.29) is 21.9 Å². The van der Waals surface area contributed by atoms with Crippen LogP contribution in [0, 0.1) is 34.0 Å². The molecule has 1 atom stereocenters. The van der Waals surface area contributed by atoms with Crippen LogP contribution < -0.4 is 9.64 Å². The number of benzene rings is 1. The Bertz CT molecular complexity index is 2200. The van der Waals surface area contributed by atoms with Crippen molar-refractivity contribution in [1.82, 2.24) is 0 Å². The van der Waals surface area contributed by atoms with E-state index in [1.54, 1.807) is 11.3 Å². The average molecular weight is 891 g/mol. The molecule has 1 unspecified atom stereocenters. The van der Waals surface area contributed by atoms with Gasteiger partial charge in [-0.25, -0.2) is 0 Å². The summed E-state index contributed by atoms with van der Waals surface area (Å²) in [7, 11) is 0.340. The molecule has 0 aliphatic carbocycles. The van der Waals surface area contributed by atoms with Gasteiger partial charge in [0.15, 0.2) is 19.6 Å². The van der Waals surface area contributed by atoms with Crippen molar-refractivity contribution >= 4 is 42.8 Å². The van der Waals surface area contributed by atoms with Gasteiger partial charge in [0.25, 0.3) is 0 Å². The highest BCUT2D eigenvalue weighted by molar-refractivity contribution is 7.24. The zero-order chi connectivity index (χ0) is 45.1. The summed E-state index contributed by atoms with van der Waals surface area (Å²) >= 11 is 3.52. The topological polar surface area (TPSA) is 102 Å². The number of anilines is 1. The van der Waals surface area contributed by atoms with E-state index in [1.807, 2.05) is 49.5 Å². The number of hydrogen-bond donors (Lipinski definition) is 0. The van der Waals surface area contributed by atoms with Gasteiger partial charge in [-0.05, 0) is 87.7 Å². The van der Waals surface area contributed by atoms with Crippen LogP contribution in [-0.4, -0.2) is 34.1 Å². The van der Waals surface area contributed by atoms with E-state index in [9.17, 15) is 15.8 Å². The molecule has 3 aromatic rings. The molecule has 7 nitrogen and oxygen atoms in total. The van der Waals surface area contributed by atoms with Gasteiger partial charge in [0.05, 0.1) is 16.4 Å². The first kappa shape index (κ1) is 48.9. The Hall–Kier alpha value is -4.11. The van der Waals surface area contributed by atoms with Crippen molar-refractivity contribution in [3.63, 3.8) is 0 Å². The first-order valence-corrected chi connectivity index (χ1v) is 27.5. The summed E-state index contributed by atoms with van der Waals surface area (Å²) in [4.78, 5) is 6.87. The molecule has 0 fully saturated rings. The van der Waals surface area contributed by atoms with Crippen LogP contribution in [0.3, 0.4) is 0 Å². The highest BCUT2D eigenvalue weighted by Gasteiger charge is 2.41. The van der Waals surface area contributed by atoms with Crippen molar-refractivity contribution in [1.29, 1.82) is 15.8 Å². The molecule has 2 aliphatic heterocycles. The van der Waals surface area contributed by atoms with Crippen LogP contribution in [-0.2, 0) is 14.8 Å². The Morgan fingerprint density at radius 2 is 1.40 bits per heavy atom. The summed E-state index contributed by atoms with van der Waals surface area (Å²) < 4.78 is 19.5. The lowest BCUT2D eigenvalue weighted by atomic mass is 9.87. The lowest BCUT2D eigenvalue weighted by Crippen LogP contribution is -2.42. The van der Waals surface area contributed by atoms with E-state index in [4.69, 9.17) is 13.9 Å². The van der Waals surface area contributed by atoms with Crippen molar-refractivity contribution in [2.24, 2.45) is 0 Å². The minimum atomic E-state index is -1.80. The van der Waals surface area contributed by atoms with Crippen LogP contribution in [0.1, 0.15) is 149 Å². The minimum Gasteiger partial charge on any atom is -0.481 e. The number of rotatable bonds is 22. The zero-order valence-electron chi connectivity index (χ0n) is 39.3. The number of nitrogens with zero attached hydrogens (tertiary/aromatic N) is 4. The average Bonchev–Trinajstić information content (AvgIpc) is 3.92. The fourth-order valence-corrected chi connectivity index (χ4v) is 11.5. The number of hydrogen-bond acceptors (Lipinski definition) is 9. The molecule has 0 amide bonds. The molecule has 4 heterocycles. The van der Waals surface area contributed by atoms with Crippen LogP contribution >= 0.6 is 22.7 Å². The molecule has 2 aliphatic rings. The van der Waals surface area contributed by atoms with Crippen LogP contribution in [0.15, 0.2) is 65.0 Å². The molecule has 5 rings (SSSR count). The number of nitriles is 3. The highest BCUT2D eigenvalue weighted by Crippen LogP contribution is 2.56. The summed E-state index contributed by atoms with van der Waals surface area (Å²) in [6.07, 6.45) is 22.0. The second kappa shape index (κ2) is 21.5. The van der Waals surface area contributed by atoms with E-state index in [0.29, 0.717) is 12.2 Å². The second-order valence-corrected chi connectivity index (χ2v) is 26.3. The van der Waals surface area contributed by atoms with Crippen molar-refractivity contribution in [3.05, 3.63) is 75.4 Å². The van der Waals surface area contributed by atoms with Crippen LogP contribution in [0.4, 0.5) is 5.69 Å². The molecular weight excluding hydrogens is 821 g/mol. The van der Waals surface area contributed by atoms with Crippen molar-refractivity contribution in [3.8, 4) is 44.2 Å². The van der Waals surface area contributed by atoms with E-state index >= 15 is 0 Å². The Labute approximate surface area is 382 Å². The van der Waals surface area contributed by atoms with Crippen molar-refractivity contribution in [2.45, 2.75) is 168 Å². The predicted octanol–water partition coefficient (Wildman–Crippen LogP) is 15.6. The highest BCUT2D eigenvalue weighted by atomic mass is 32.1. The first-order valence-electron chi connectivity index (χ1n) is 23.0. The van der Waals surface area contributed by atoms with Crippen LogP contribution in [0.2, 0.25) is 18.1 Å². The predicted molar refractivity (Wildman–Crippen MR) is 263 cm³/mol. The number of allylic oxidation sites excluding steroid dienone is 2. The van der Waals surface area contributed by atoms with Gasteiger partial charge in [0.1, 0.15) is 40.7 Å². The Balaban J connectivity index is 1.34. The third-order valence-electron chi connectivity index (χ3n) is 13.1. The summed E-state index contributed by atoms with van der Waals surface area (Å²) in [5.41, 5.74) is 2.92. The zero-order valence-corrected chi connectivity index (χ0v) is 41.9. The molecule has 1 aromatic carbocycles. The second-order valence-electron chi connectivity index (χ2n) is 19.4. The normalized spacial score (nSPS) is 16.9. The quantitative estimate of drug-likeness (QED) is 0.0562. The maximum Gasteiger partial charge on any atom is 0.192 e. The van der Waals surface area contributed by atoms with Gasteiger partial charge in [0, 0.05) is 40.2 Å². The van der Waals surface area contributed by atoms with Crippen molar-refractivity contribution < 1.29 is 13.9 Å². The summed E-state index contributed by atoms with van der Waals surface area (Å²) in [5, 5.41) is 29.4. The largest absolute Gasteiger partial charge is 0.481 e. The maximum absolute atomic E-state index is 10.1. The third kappa shape index (κ3) is 11.9. The van der Waals surface area contributed by atoms with E-state index in [2.05, 4.69) is 102 Å². The number of ether oxygens (including phenoxy) is 2. The van der Waals surface area contributed by atoms with Gasteiger partial charge in [-0.3, -0.25) is 0 Å². The number of fused-ring (bicyclic) bond motifs is 3. The van der Waals surface area contributed by atoms with Crippen LogP contribution in [0.25, 0.3) is 26.3 Å².